The van der Waals surface area contributed by atoms with Crippen molar-refractivity contribution in [2.45, 2.75) is 58.9 Å². The van der Waals surface area contributed by atoms with Gasteiger partial charge in [-0.05, 0) is 57.7 Å². The molecule has 3 rings (SSSR count). The van der Waals surface area contributed by atoms with Gasteiger partial charge in [0.1, 0.15) is 11.9 Å². The molecule has 7 heteroatoms. The smallest absolute Gasteiger partial charge is 0.228 e. The van der Waals surface area contributed by atoms with Crippen LogP contribution in [-0.2, 0) is 10.3 Å². The number of halogens is 1. The molecular weight excluding hydrogens is 381 g/mol. The van der Waals surface area contributed by atoms with E-state index in [0.717, 1.165) is 11.4 Å². The van der Waals surface area contributed by atoms with E-state index in [1.165, 1.54) is 12.1 Å². The Hall–Kier alpha value is -2.88. The number of rotatable bonds is 4. The monoisotopic (exact) mass is 411 g/mol. The molecule has 2 aromatic rings. The molecule has 1 saturated heterocycles. The van der Waals surface area contributed by atoms with E-state index in [-0.39, 0.29) is 17.4 Å². The first-order chi connectivity index (χ1) is 14.1. The van der Waals surface area contributed by atoms with Gasteiger partial charge in [0, 0.05) is 30.8 Å². The summed E-state index contributed by atoms with van der Waals surface area (Å²) in [6.07, 6.45) is 1.34. The summed E-state index contributed by atoms with van der Waals surface area (Å²) in [6, 6.07) is 8.28. The zero-order valence-corrected chi connectivity index (χ0v) is 18.4. The fourth-order valence-corrected chi connectivity index (χ4v) is 3.89. The number of carbonyl (C=O) groups excluding carboxylic acids is 1. The average molecular weight is 412 g/mol. The molecule has 1 aromatic heterocycles. The van der Waals surface area contributed by atoms with Crippen molar-refractivity contribution in [3.05, 3.63) is 41.3 Å². The number of carbonyl (C=O) groups is 1. The first kappa shape index (κ1) is 21.8. The predicted molar refractivity (Wildman–Crippen MR) is 116 cm³/mol. The van der Waals surface area contributed by atoms with Crippen LogP contribution < -0.4 is 10.2 Å². The Labute approximate surface area is 177 Å². The minimum atomic E-state index is -0.417. The molecule has 1 aliphatic heterocycles. The maximum absolute atomic E-state index is 13.4. The van der Waals surface area contributed by atoms with E-state index >= 15 is 0 Å². The van der Waals surface area contributed by atoms with Crippen molar-refractivity contribution in [2.75, 3.05) is 23.3 Å². The van der Waals surface area contributed by atoms with E-state index in [4.69, 9.17) is 0 Å². The first-order valence-electron chi connectivity index (χ1n) is 10.5. The van der Waals surface area contributed by atoms with Gasteiger partial charge in [0.05, 0.1) is 16.8 Å². The van der Waals surface area contributed by atoms with Crippen LogP contribution >= 0.6 is 0 Å². The molecule has 0 aliphatic carbocycles. The molecule has 0 unspecified atom stereocenters. The van der Waals surface area contributed by atoms with Crippen LogP contribution in [0.15, 0.2) is 24.3 Å². The number of amides is 1. The maximum Gasteiger partial charge on any atom is 0.228 e. The van der Waals surface area contributed by atoms with Gasteiger partial charge in [-0.1, -0.05) is 13.8 Å². The number of anilines is 2. The Morgan fingerprint density at radius 3 is 2.47 bits per heavy atom. The van der Waals surface area contributed by atoms with Gasteiger partial charge in [0.2, 0.25) is 5.91 Å². The Balaban J connectivity index is 1.66. The molecule has 0 saturated carbocycles. The van der Waals surface area contributed by atoms with Crippen molar-refractivity contribution < 1.29 is 9.18 Å². The van der Waals surface area contributed by atoms with E-state index < -0.39 is 5.82 Å². The van der Waals surface area contributed by atoms with E-state index in [2.05, 4.69) is 51.1 Å². The molecule has 30 heavy (non-hydrogen) atoms. The number of nitriles is 1. The van der Waals surface area contributed by atoms with Gasteiger partial charge >= 0.3 is 0 Å². The normalized spacial score (nSPS) is 15.3. The van der Waals surface area contributed by atoms with Gasteiger partial charge in [-0.25, -0.2) is 4.39 Å². The van der Waals surface area contributed by atoms with E-state index in [9.17, 15) is 14.4 Å². The summed E-state index contributed by atoms with van der Waals surface area (Å²) >= 11 is 0. The Morgan fingerprint density at radius 1 is 1.27 bits per heavy atom. The summed E-state index contributed by atoms with van der Waals surface area (Å²) in [5.74, 6) is 0.333. The van der Waals surface area contributed by atoms with Crippen molar-refractivity contribution in [1.82, 2.24) is 9.78 Å². The van der Waals surface area contributed by atoms with E-state index in [1.807, 2.05) is 15.6 Å². The van der Waals surface area contributed by atoms with E-state index in [1.54, 1.807) is 6.07 Å². The highest BCUT2D eigenvalue weighted by molar-refractivity contribution is 5.92. The largest absolute Gasteiger partial charge is 0.370 e. The standard InChI is InChI=1S/C23H30FN5O/c1-15(2)20-13-21(27-29(20)23(3,4)5)26-22(30)16-8-10-28(11-9-16)19-7-6-18(24)12-17(19)14-25/h6-7,12-13,15-16H,8-11H2,1-5H3,(H,26,27,30). The van der Waals surface area contributed by atoms with Crippen molar-refractivity contribution in [3.8, 4) is 6.07 Å². The lowest BCUT2D eigenvalue weighted by atomic mass is 9.95. The Kier molecular flexibility index (Phi) is 6.16. The van der Waals surface area contributed by atoms with Crippen LogP contribution in [0.4, 0.5) is 15.9 Å². The topological polar surface area (TPSA) is 74.0 Å². The number of hydrogen-bond acceptors (Lipinski definition) is 4. The number of nitrogens with one attached hydrogen (secondary N) is 1. The SMILES string of the molecule is CC(C)c1cc(NC(=O)C2CCN(c3ccc(F)cc3C#N)CC2)nn1C(C)(C)C. The van der Waals surface area contributed by atoms with Crippen LogP contribution in [0.5, 0.6) is 0 Å². The highest BCUT2D eigenvalue weighted by Crippen LogP contribution is 2.29. The highest BCUT2D eigenvalue weighted by atomic mass is 19.1. The molecular formula is C23H30FN5O. The quantitative estimate of drug-likeness (QED) is 0.796. The molecule has 1 aromatic carbocycles. The zero-order chi connectivity index (χ0) is 22.1. The lowest BCUT2D eigenvalue weighted by Crippen LogP contribution is -2.38. The molecule has 6 nitrogen and oxygen atoms in total. The fraction of sp³-hybridized carbons (Fsp3) is 0.522. The van der Waals surface area contributed by atoms with Crippen LogP contribution in [0.1, 0.15) is 64.6 Å². The summed E-state index contributed by atoms with van der Waals surface area (Å²) in [5, 5.41) is 16.9. The maximum atomic E-state index is 13.4. The van der Waals surface area contributed by atoms with Crippen LogP contribution in [0.2, 0.25) is 0 Å². The number of benzene rings is 1. The first-order valence-corrected chi connectivity index (χ1v) is 10.5. The van der Waals surface area contributed by atoms with Crippen LogP contribution in [-0.4, -0.2) is 28.8 Å². The summed E-state index contributed by atoms with van der Waals surface area (Å²) in [5.41, 5.74) is 1.98. The lowest BCUT2D eigenvalue weighted by Gasteiger charge is -2.33. The molecule has 1 amide bonds. The van der Waals surface area contributed by atoms with Crippen LogP contribution in [0, 0.1) is 23.1 Å². The number of aromatic nitrogens is 2. The molecule has 1 fully saturated rings. The van der Waals surface area contributed by atoms with Gasteiger partial charge in [0.25, 0.3) is 0 Å². The summed E-state index contributed by atoms with van der Waals surface area (Å²) in [6.45, 7) is 11.8. The molecule has 0 atom stereocenters. The van der Waals surface area contributed by atoms with Crippen molar-refractivity contribution in [1.29, 1.82) is 5.26 Å². The second kappa shape index (κ2) is 8.47. The Morgan fingerprint density at radius 2 is 1.93 bits per heavy atom. The van der Waals surface area contributed by atoms with Gasteiger partial charge in [0.15, 0.2) is 5.82 Å². The zero-order valence-electron chi connectivity index (χ0n) is 18.4. The second-order valence-electron chi connectivity index (χ2n) is 9.22. The van der Waals surface area contributed by atoms with Gasteiger partial charge in [-0.2, -0.15) is 10.4 Å². The summed E-state index contributed by atoms with van der Waals surface area (Å²) in [7, 11) is 0. The molecule has 0 bridgehead atoms. The summed E-state index contributed by atoms with van der Waals surface area (Å²) in [4.78, 5) is 14.9. The number of piperidine rings is 1. The lowest BCUT2D eigenvalue weighted by molar-refractivity contribution is -0.120. The van der Waals surface area contributed by atoms with Crippen LogP contribution in [0.25, 0.3) is 0 Å². The summed E-state index contributed by atoms with van der Waals surface area (Å²) < 4.78 is 15.4. The third-order valence-electron chi connectivity index (χ3n) is 5.50. The molecule has 2 heterocycles. The van der Waals surface area contributed by atoms with Crippen LogP contribution in [0.3, 0.4) is 0 Å². The average Bonchev–Trinajstić information content (AvgIpc) is 3.12. The number of nitrogens with zero attached hydrogens (tertiary/aromatic N) is 4. The Bertz CT molecular complexity index is 959. The molecule has 1 N–H and O–H groups in total. The molecule has 0 radical (unpaired) electrons. The molecule has 160 valence electrons. The predicted octanol–water partition coefficient (Wildman–Crippen LogP) is 4.63. The second-order valence-corrected chi connectivity index (χ2v) is 9.22. The van der Waals surface area contributed by atoms with Gasteiger partial charge in [-0.15, -0.1) is 0 Å². The number of hydrogen-bond donors (Lipinski definition) is 1. The minimum absolute atomic E-state index is 0.0249. The van der Waals surface area contributed by atoms with Crippen molar-refractivity contribution >= 4 is 17.4 Å². The van der Waals surface area contributed by atoms with Crippen molar-refractivity contribution in [2.24, 2.45) is 5.92 Å². The van der Waals surface area contributed by atoms with Gasteiger partial charge < -0.3 is 10.2 Å². The minimum Gasteiger partial charge on any atom is -0.370 e. The molecule has 0 spiro atoms. The van der Waals surface area contributed by atoms with E-state index in [0.29, 0.717) is 43.2 Å². The third kappa shape index (κ3) is 4.64. The fourth-order valence-electron chi connectivity index (χ4n) is 3.89. The van der Waals surface area contributed by atoms with Crippen molar-refractivity contribution in [3.63, 3.8) is 0 Å². The molecule has 1 aliphatic rings. The third-order valence-corrected chi connectivity index (χ3v) is 5.50. The van der Waals surface area contributed by atoms with Gasteiger partial charge in [-0.3, -0.25) is 9.48 Å². The highest BCUT2D eigenvalue weighted by Gasteiger charge is 2.28.